The Hall–Kier alpha value is -0.690. The minimum atomic E-state index is 0. The molecule has 2 N–H and O–H groups in total. The van der Waals surface area contributed by atoms with E-state index in [0.29, 0.717) is 0 Å². The van der Waals surface area contributed by atoms with E-state index in [1.807, 2.05) is 13.0 Å². The van der Waals surface area contributed by atoms with Crippen molar-refractivity contribution in [3.05, 3.63) is 29.3 Å². The Bertz CT molecular complexity index is 233. The van der Waals surface area contributed by atoms with Crippen LogP contribution in [0.15, 0.2) is 18.2 Å². The van der Waals surface area contributed by atoms with Crippen LogP contribution in [0.25, 0.3) is 0 Å². The second-order valence-electron chi connectivity index (χ2n) is 2.54. The van der Waals surface area contributed by atoms with Gasteiger partial charge in [-0.25, -0.2) is 0 Å². The summed E-state index contributed by atoms with van der Waals surface area (Å²) >= 11 is 0. The van der Waals surface area contributed by atoms with Crippen molar-refractivity contribution in [2.75, 3.05) is 5.73 Å². The largest absolute Gasteiger partial charge is 0.399 e. The third-order valence-corrected chi connectivity index (χ3v) is 1.74. The second-order valence-corrected chi connectivity index (χ2v) is 2.54. The lowest BCUT2D eigenvalue weighted by Gasteiger charge is -2.01. The van der Waals surface area contributed by atoms with Crippen LogP contribution in [0.5, 0.6) is 0 Å². The highest BCUT2D eigenvalue weighted by Crippen LogP contribution is 2.12. The summed E-state index contributed by atoms with van der Waals surface area (Å²) in [4.78, 5) is 0. The van der Waals surface area contributed by atoms with Crippen LogP contribution in [0.4, 0.5) is 5.69 Å². The molecule has 0 aliphatic carbocycles. The van der Waals surface area contributed by atoms with Gasteiger partial charge in [-0.3, -0.25) is 0 Å². The molecule has 2 heteroatoms. The lowest BCUT2D eigenvalue weighted by molar-refractivity contribution is 1.13. The molecule has 0 aliphatic rings. The topological polar surface area (TPSA) is 26.0 Å². The van der Waals surface area contributed by atoms with Crippen molar-refractivity contribution in [2.45, 2.75) is 20.3 Å². The summed E-state index contributed by atoms with van der Waals surface area (Å²) in [5.74, 6) is 0. The maximum absolute atomic E-state index is 5.64. The van der Waals surface area contributed by atoms with Crippen LogP contribution in [0.1, 0.15) is 18.1 Å². The zero-order valence-electron chi connectivity index (χ0n) is 6.92. The molecule has 0 spiro atoms. The van der Waals surface area contributed by atoms with Gasteiger partial charge in [-0.1, -0.05) is 19.1 Å². The summed E-state index contributed by atoms with van der Waals surface area (Å²) in [6, 6.07) is 6.17. The van der Waals surface area contributed by atoms with Gasteiger partial charge < -0.3 is 5.73 Å². The predicted octanol–water partition coefficient (Wildman–Crippen LogP) is 2.56. The Kier molecular flexibility index (Phi) is 3.98. The maximum atomic E-state index is 5.64. The summed E-state index contributed by atoms with van der Waals surface area (Å²) in [6.07, 6.45) is 1.08. The first-order valence-corrected chi connectivity index (χ1v) is 3.59. The minimum Gasteiger partial charge on any atom is -0.399 e. The summed E-state index contributed by atoms with van der Waals surface area (Å²) in [5.41, 5.74) is 9.06. The average Bonchev–Trinajstić information content (AvgIpc) is 1.95. The SMILES string of the molecule is CCc1ccc(N)c(C)c1.Cl. The van der Waals surface area contributed by atoms with Gasteiger partial charge in [-0.05, 0) is 30.5 Å². The van der Waals surface area contributed by atoms with Gasteiger partial charge >= 0.3 is 0 Å². The monoisotopic (exact) mass is 171 g/mol. The summed E-state index contributed by atoms with van der Waals surface area (Å²) in [6.45, 7) is 4.18. The van der Waals surface area contributed by atoms with Gasteiger partial charge in [-0.2, -0.15) is 0 Å². The quantitative estimate of drug-likeness (QED) is 0.646. The van der Waals surface area contributed by atoms with Crippen LogP contribution in [0.3, 0.4) is 0 Å². The first-order chi connectivity index (χ1) is 4.74. The molecule has 1 aromatic rings. The molecule has 0 saturated carbocycles. The molecule has 62 valence electrons. The molecule has 11 heavy (non-hydrogen) atoms. The molecule has 0 heterocycles. The fourth-order valence-electron chi connectivity index (χ4n) is 0.958. The lowest BCUT2D eigenvalue weighted by Crippen LogP contribution is -1.90. The van der Waals surface area contributed by atoms with Gasteiger partial charge in [0.05, 0.1) is 0 Å². The second kappa shape index (κ2) is 4.24. The van der Waals surface area contributed by atoms with Crippen molar-refractivity contribution in [2.24, 2.45) is 0 Å². The van der Waals surface area contributed by atoms with Gasteiger partial charge in [-0.15, -0.1) is 12.4 Å². The molecule has 0 unspecified atom stereocenters. The normalized spacial score (nSPS) is 8.91. The van der Waals surface area contributed by atoms with Crippen LogP contribution in [0, 0.1) is 6.92 Å². The first-order valence-electron chi connectivity index (χ1n) is 3.59. The Morgan fingerprint density at radius 1 is 1.36 bits per heavy atom. The third-order valence-electron chi connectivity index (χ3n) is 1.74. The number of aryl methyl sites for hydroxylation is 2. The third kappa shape index (κ3) is 2.43. The van der Waals surface area contributed by atoms with Gasteiger partial charge in [0, 0.05) is 5.69 Å². The molecule has 0 fully saturated rings. The molecule has 0 atom stereocenters. The van der Waals surface area contributed by atoms with E-state index < -0.39 is 0 Å². The number of rotatable bonds is 1. The van der Waals surface area contributed by atoms with Gasteiger partial charge in [0.25, 0.3) is 0 Å². The van der Waals surface area contributed by atoms with Crippen LogP contribution >= 0.6 is 12.4 Å². The molecular formula is C9H14ClN. The van der Waals surface area contributed by atoms with E-state index in [2.05, 4.69) is 19.1 Å². The van der Waals surface area contributed by atoms with Crippen LogP contribution < -0.4 is 5.73 Å². The van der Waals surface area contributed by atoms with E-state index in [4.69, 9.17) is 5.73 Å². The fraction of sp³-hybridized carbons (Fsp3) is 0.333. The van der Waals surface area contributed by atoms with E-state index >= 15 is 0 Å². The molecule has 0 aliphatic heterocycles. The molecule has 1 rings (SSSR count). The molecule has 0 radical (unpaired) electrons. The molecule has 0 bridgehead atoms. The number of halogens is 1. The highest BCUT2D eigenvalue weighted by atomic mass is 35.5. The van der Waals surface area contributed by atoms with Gasteiger partial charge in [0.15, 0.2) is 0 Å². The zero-order valence-corrected chi connectivity index (χ0v) is 7.74. The van der Waals surface area contributed by atoms with Crippen molar-refractivity contribution < 1.29 is 0 Å². The van der Waals surface area contributed by atoms with Gasteiger partial charge in [0.2, 0.25) is 0 Å². The molecule has 0 amide bonds. The van der Waals surface area contributed by atoms with E-state index in [1.165, 1.54) is 11.1 Å². The standard InChI is InChI=1S/C9H13N.ClH/c1-3-8-4-5-9(10)7(2)6-8;/h4-6H,3,10H2,1-2H3;1H. The van der Waals surface area contributed by atoms with Crippen LogP contribution in [-0.2, 0) is 6.42 Å². The van der Waals surface area contributed by atoms with E-state index in [0.717, 1.165) is 12.1 Å². The summed E-state index contributed by atoms with van der Waals surface area (Å²) in [5, 5.41) is 0. The number of anilines is 1. The first kappa shape index (κ1) is 10.3. The number of benzene rings is 1. The van der Waals surface area contributed by atoms with E-state index in [9.17, 15) is 0 Å². The zero-order chi connectivity index (χ0) is 7.56. The van der Waals surface area contributed by atoms with Crippen molar-refractivity contribution in [1.82, 2.24) is 0 Å². The number of hydrogen-bond donors (Lipinski definition) is 1. The Morgan fingerprint density at radius 2 is 2.00 bits per heavy atom. The summed E-state index contributed by atoms with van der Waals surface area (Å²) < 4.78 is 0. The number of hydrogen-bond acceptors (Lipinski definition) is 1. The fourth-order valence-corrected chi connectivity index (χ4v) is 0.958. The van der Waals surface area contributed by atoms with Crippen LogP contribution in [-0.4, -0.2) is 0 Å². The molecule has 1 nitrogen and oxygen atoms in total. The van der Waals surface area contributed by atoms with Crippen molar-refractivity contribution in [3.8, 4) is 0 Å². The number of nitrogen functional groups attached to an aromatic ring is 1. The predicted molar refractivity (Wildman–Crippen MR) is 52.2 cm³/mol. The minimum absolute atomic E-state index is 0. The highest BCUT2D eigenvalue weighted by molar-refractivity contribution is 5.85. The van der Waals surface area contributed by atoms with Crippen LogP contribution in [0.2, 0.25) is 0 Å². The lowest BCUT2D eigenvalue weighted by atomic mass is 10.1. The van der Waals surface area contributed by atoms with E-state index in [-0.39, 0.29) is 12.4 Å². The smallest absolute Gasteiger partial charge is 0.0343 e. The molecule has 1 aromatic carbocycles. The summed E-state index contributed by atoms with van der Waals surface area (Å²) in [7, 11) is 0. The van der Waals surface area contributed by atoms with Crippen molar-refractivity contribution in [1.29, 1.82) is 0 Å². The number of nitrogens with two attached hydrogens (primary N) is 1. The maximum Gasteiger partial charge on any atom is 0.0343 e. The van der Waals surface area contributed by atoms with E-state index in [1.54, 1.807) is 0 Å². The van der Waals surface area contributed by atoms with Crippen molar-refractivity contribution in [3.63, 3.8) is 0 Å². The molecule has 0 saturated heterocycles. The average molecular weight is 172 g/mol. The molecular weight excluding hydrogens is 158 g/mol. The highest BCUT2D eigenvalue weighted by Gasteiger charge is 1.92. The Labute approximate surface area is 74.0 Å². The van der Waals surface area contributed by atoms with Crippen molar-refractivity contribution >= 4 is 18.1 Å². The molecule has 0 aromatic heterocycles. The Morgan fingerprint density at radius 3 is 2.45 bits per heavy atom. The van der Waals surface area contributed by atoms with Gasteiger partial charge in [0.1, 0.15) is 0 Å². The Balaban J connectivity index is 0.000001000.